The molecule has 1 rings (SSSR count). The molecular weight excluding hydrogens is 292 g/mol. The zero-order valence-electron chi connectivity index (χ0n) is 14.8. The molecule has 0 saturated carbocycles. The van der Waals surface area contributed by atoms with Crippen LogP contribution in [-0.2, 0) is 11.2 Å². The van der Waals surface area contributed by atoms with E-state index in [9.17, 15) is 9.90 Å². The third-order valence-corrected chi connectivity index (χ3v) is 3.31. The van der Waals surface area contributed by atoms with E-state index in [4.69, 9.17) is 4.74 Å². The van der Waals surface area contributed by atoms with Gasteiger partial charge in [0.05, 0.1) is 0 Å². The highest BCUT2D eigenvalue weighted by atomic mass is 16.6. The van der Waals surface area contributed by atoms with Gasteiger partial charge in [0.15, 0.2) is 0 Å². The van der Waals surface area contributed by atoms with Gasteiger partial charge in [-0.15, -0.1) is 0 Å². The second-order valence-corrected chi connectivity index (χ2v) is 7.06. The minimum absolute atomic E-state index is 0.0539. The number of phenols is 1. The van der Waals surface area contributed by atoms with Crippen LogP contribution < -0.4 is 10.6 Å². The average molecular weight is 322 g/mol. The number of amides is 1. The lowest BCUT2D eigenvalue weighted by atomic mass is 10.1. The highest BCUT2D eigenvalue weighted by Crippen LogP contribution is 2.11. The quantitative estimate of drug-likeness (QED) is 0.721. The third kappa shape index (κ3) is 9.08. The van der Waals surface area contributed by atoms with Crippen molar-refractivity contribution in [3.8, 4) is 5.75 Å². The Kier molecular flexibility index (Phi) is 7.36. The second kappa shape index (κ2) is 8.77. The number of carbonyl (C=O) groups is 1. The topological polar surface area (TPSA) is 70.6 Å². The SMILES string of the molecule is CC(Cc1ccc(O)cc1)NCCC(C)NC(=O)OC(C)(C)C. The van der Waals surface area contributed by atoms with Crippen LogP contribution in [0.2, 0.25) is 0 Å². The summed E-state index contributed by atoms with van der Waals surface area (Å²) in [5.41, 5.74) is 0.712. The summed E-state index contributed by atoms with van der Waals surface area (Å²) in [4.78, 5) is 11.7. The first-order valence-corrected chi connectivity index (χ1v) is 8.16. The van der Waals surface area contributed by atoms with Gasteiger partial charge in [-0.3, -0.25) is 0 Å². The van der Waals surface area contributed by atoms with Crippen molar-refractivity contribution < 1.29 is 14.6 Å². The lowest BCUT2D eigenvalue weighted by Gasteiger charge is -2.22. The molecule has 0 radical (unpaired) electrons. The third-order valence-electron chi connectivity index (χ3n) is 3.31. The average Bonchev–Trinajstić information content (AvgIpc) is 2.39. The molecule has 0 heterocycles. The van der Waals surface area contributed by atoms with Crippen LogP contribution >= 0.6 is 0 Å². The summed E-state index contributed by atoms with van der Waals surface area (Å²) in [7, 11) is 0. The molecule has 1 amide bonds. The maximum Gasteiger partial charge on any atom is 0.407 e. The highest BCUT2D eigenvalue weighted by molar-refractivity contribution is 5.67. The number of benzene rings is 1. The molecule has 1 aromatic rings. The number of hydrogen-bond acceptors (Lipinski definition) is 4. The Balaban J connectivity index is 2.22. The van der Waals surface area contributed by atoms with Crippen molar-refractivity contribution >= 4 is 6.09 Å². The lowest BCUT2D eigenvalue weighted by molar-refractivity contribution is 0.0506. The molecular formula is C18H30N2O3. The molecule has 2 unspecified atom stereocenters. The molecule has 0 saturated heterocycles. The molecule has 130 valence electrons. The summed E-state index contributed by atoms with van der Waals surface area (Å²) >= 11 is 0. The van der Waals surface area contributed by atoms with Crippen LogP contribution in [0.3, 0.4) is 0 Å². The Morgan fingerprint density at radius 3 is 2.35 bits per heavy atom. The first-order valence-electron chi connectivity index (χ1n) is 8.16. The molecule has 3 N–H and O–H groups in total. The molecule has 0 fully saturated rings. The van der Waals surface area contributed by atoms with Gasteiger partial charge >= 0.3 is 6.09 Å². The van der Waals surface area contributed by atoms with Crippen LogP contribution in [0.1, 0.15) is 46.6 Å². The Labute approximate surface area is 139 Å². The highest BCUT2D eigenvalue weighted by Gasteiger charge is 2.17. The van der Waals surface area contributed by atoms with E-state index in [1.807, 2.05) is 39.8 Å². The van der Waals surface area contributed by atoms with Crippen LogP contribution in [0, 0.1) is 0 Å². The fraction of sp³-hybridized carbons (Fsp3) is 0.611. The largest absolute Gasteiger partial charge is 0.508 e. The monoisotopic (exact) mass is 322 g/mol. The Hall–Kier alpha value is -1.75. The number of carbonyl (C=O) groups excluding carboxylic acids is 1. The number of phenolic OH excluding ortho intramolecular Hbond substituents is 1. The number of aromatic hydroxyl groups is 1. The van der Waals surface area contributed by atoms with Crippen LogP contribution in [0.4, 0.5) is 4.79 Å². The van der Waals surface area contributed by atoms with Gasteiger partial charge in [0.2, 0.25) is 0 Å². The maximum absolute atomic E-state index is 11.7. The van der Waals surface area contributed by atoms with Crippen LogP contribution in [0.5, 0.6) is 5.75 Å². The molecule has 23 heavy (non-hydrogen) atoms. The summed E-state index contributed by atoms with van der Waals surface area (Å²) < 4.78 is 5.23. The van der Waals surface area contributed by atoms with Crippen molar-refractivity contribution in [3.05, 3.63) is 29.8 Å². The van der Waals surface area contributed by atoms with Gasteiger partial charge in [-0.25, -0.2) is 4.79 Å². The van der Waals surface area contributed by atoms with Crippen molar-refractivity contribution in [3.63, 3.8) is 0 Å². The first-order chi connectivity index (χ1) is 10.7. The minimum atomic E-state index is -0.472. The Bertz CT molecular complexity index is 480. The van der Waals surface area contributed by atoms with E-state index in [1.54, 1.807) is 12.1 Å². The molecule has 0 aliphatic rings. The van der Waals surface area contributed by atoms with Crippen LogP contribution in [0.25, 0.3) is 0 Å². The number of ether oxygens (including phenoxy) is 1. The lowest BCUT2D eigenvalue weighted by Crippen LogP contribution is -2.40. The molecule has 2 atom stereocenters. The van der Waals surface area contributed by atoms with E-state index in [-0.39, 0.29) is 17.9 Å². The van der Waals surface area contributed by atoms with Crippen molar-refractivity contribution in [1.29, 1.82) is 0 Å². The smallest absolute Gasteiger partial charge is 0.407 e. The standard InChI is InChI=1S/C18H30N2O3/c1-13(20-17(22)23-18(3,4)5)10-11-19-14(2)12-15-6-8-16(21)9-7-15/h6-9,13-14,19,21H,10-12H2,1-5H3,(H,20,22). The van der Waals surface area contributed by atoms with E-state index < -0.39 is 5.60 Å². The van der Waals surface area contributed by atoms with Gasteiger partial charge in [-0.2, -0.15) is 0 Å². The molecule has 0 spiro atoms. The van der Waals surface area contributed by atoms with Crippen molar-refractivity contribution in [2.45, 2.75) is 65.1 Å². The maximum atomic E-state index is 11.7. The minimum Gasteiger partial charge on any atom is -0.508 e. The van der Waals surface area contributed by atoms with Crippen molar-refractivity contribution in [2.24, 2.45) is 0 Å². The number of hydrogen-bond donors (Lipinski definition) is 3. The summed E-state index contributed by atoms with van der Waals surface area (Å²) in [6.45, 7) is 10.5. The Morgan fingerprint density at radius 2 is 1.78 bits per heavy atom. The number of rotatable bonds is 7. The van der Waals surface area contributed by atoms with Gasteiger partial charge in [-0.1, -0.05) is 12.1 Å². The van der Waals surface area contributed by atoms with Gasteiger partial charge in [0.1, 0.15) is 11.4 Å². The van der Waals surface area contributed by atoms with Gasteiger partial charge in [0, 0.05) is 12.1 Å². The molecule has 5 nitrogen and oxygen atoms in total. The van der Waals surface area contributed by atoms with Gasteiger partial charge < -0.3 is 20.5 Å². The number of alkyl carbamates (subject to hydrolysis) is 1. The summed E-state index contributed by atoms with van der Waals surface area (Å²) in [5, 5.41) is 15.6. The fourth-order valence-corrected chi connectivity index (χ4v) is 2.18. The van der Waals surface area contributed by atoms with Gasteiger partial charge in [0.25, 0.3) is 0 Å². The zero-order valence-corrected chi connectivity index (χ0v) is 14.8. The molecule has 1 aromatic carbocycles. The van der Waals surface area contributed by atoms with Crippen LogP contribution in [0.15, 0.2) is 24.3 Å². The summed E-state index contributed by atoms with van der Waals surface area (Å²) in [6, 6.07) is 7.65. The van der Waals surface area contributed by atoms with Crippen molar-refractivity contribution in [1.82, 2.24) is 10.6 Å². The molecule has 0 aliphatic heterocycles. The first kappa shape index (κ1) is 19.3. The zero-order chi connectivity index (χ0) is 17.5. The van der Waals surface area contributed by atoms with Crippen molar-refractivity contribution in [2.75, 3.05) is 6.54 Å². The van der Waals surface area contributed by atoms with Gasteiger partial charge in [-0.05, 0) is 71.7 Å². The number of nitrogens with one attached hydrogen (secondary N) is 2. The summed E-state index contributed by atoms with van der Waals surface area (Å²) in [6.07, 6.45) is 1.36. The molecule has 0 aromatic heterocycles. The Morgan fingerprint density at radius 1 is 1.17 bits per heavy atom. The normalized spacial score (nSPS) is 14.1. The molecule has 5 heteroatoms. The van der Waals surface area contributed by atoms with E-state index in [1.165, 1.54) is 5.56 Å². The van der Waals surface area contributed by atoms with E-state index >= 15 is 0 Å². The van der Waals surface area contributed by atoms with E-state index in [0.29, 0.717) is 6.04 Å². The fourth-order valence-electron chi connectivity index (χ4n) is 2.18. The summed E-state index contributed by atoms with van der Waals surface area (Å²) in [5.74, 6) is 0.288. The molecule has 0 aliphatic carbocycles. The molecule has 0 bridgehead atoms. The predicted molar refractivity (Wildman–Crippen MR) is 92.7 cm³/mol. The van der Waals surface area contributed by atoms with Crippen LogP contribution in [-0.4, -0.2) is 35.4 Å². The van der Waals surface area contributed by atoms with E-state index in [0.717, 1.165) is 19.4 Å². The van der Waals surface area contributed by atoms with E-state index in [2.05, 4.69) is 17.6 Å². The predicted octanol–water partition coefficient (Wildman–Crippen LogP) is 3.22. The second-order valence-electron chi connectivity index (χ2n) is 7.06.